The first kappa shape index (κ1) is 15.9. The summed E-state index contributed by atoms with van der Waals surface area (Å²) in [5.74, 6) is 0.672. The summed E-state index contributed by atoms with van der Waals surface area (Å²) in [5, 5.41) is 4.37. The van der Waals surface area contributed by atoms with Crippen molar-refractivity contribution in [3.63, 3.8) is 0 Å². The first-order valence-corrected chi connectivity index (χ1v) is 8.78. The van der Waals surface area contributed by atoms with Crippen molar-refractivity contribution in [1.29, 1.82) is 0 Å². The average molecular weight is 313 g/mol. The maximum absolute atomic E-state index is 12.3. The third kappa shape index (κ3) is 3.52. The van der Waals surface area contributed by atoms with Gasteiger partial charge in [-0.25, -0.2) is 4.79 Å². The second kappa shape index (κ2) is 7.07. The molecule has 2 amide bonds. The second-order valence-electron chi connectivity index (χ2n) is 6.62. The average Bonchev–Trinajstić information content (AvgIpc) is 2.90. The monoisotopic (exact) mass is 313 g/mol. The molecule has 0 aliphatic carbocycles. The molecule has 124 valence electrons. The summed E-state index contributed by atoms with van der Waals surface area (Å²) in [6.07, 6.45) is 4.42. The van der Waals surface area contributed by atoms with Crippen LogP contribution in [0, 0.1) is 12.8 Å². The molecule has 0 saturated carbocycles. The molecule has 4 nitrogen and oxygen atoms in total. The van der Waals surface area contributed by atoms with Gasteiger partial charge in [-0.3, -0.25) is 0 Å². The number of nitrogens with zero attached hydrogens (tertiary/aromatic N) is 1. The van der Waals surface area contributed by atoms with Gasteiger partial charge in [-0.05, 0) is 43.7 Å². The van der Waals surface area contributed by atoms with Gasteiger partial charge in [0.15, 0.2) is 0 Å². The molecule has 1 saturated heterocycles. The number of aryl methyl sites for hydroxylation is 1. The third-order valence-electron chi connectivity index (χ3n) is 5.06. The molecule has 0 bridgehead atoms. The van der Waals surface area contributed by atoms with Crippen LogP contribution < -0.4 is 5.32 Å². The number of fused-ring (bicyclic) bond motifs is 1. The van der Waals surface area contributed by atoms with Gasteiger partial charge in [0, 0.05) is 36.2 Å². The number of nitrogens with one attached hydrogen (secondary N) is 2. The van der Waals surface area contributed by atoms with Gasteiger partial charge in [-0.2, -0.15) is 0 Å². The zero-order valence-corrected chi connectivity index (χ0v) is 14.2. The molecule has 4 heteroatoms. The Hall–Kier alpha value is -1.97. The molecule has 1 fully saturated rings. The number of benzene rings is 1. The van der Waals surface area contributed by atoms with E-state index >= 15 is 0 Å². The number of para-hydroxylation sites is 1. The molecular formula is C19H27N3O. The molecule has 2 N–H and O–H groups in total. The van der Waals surface area contributed by atoms with Gasteiger partial charge in [0.2, 0.25) is 0 Å². The number of hydrogen-bond donors (Lipinski definition) is 2. The molecule has 2 heterocycles. The predicted octanol–water partition coefficient (Wildman–Crippen LogP) is 3.85. The number of piperidine rings is 1. The fraction of sp³-hybridized carbons (Fsp3) is 0.526. The standard InChI is InChI=1S/C19H27N3O/c1-3-15-7-6-12-22(13-15)19(23)20-11-10-16-14(2)21-18-9-5-4-8-17(16)18/h4-5,8-9,15,21H,3,6-7,10-13H2,1-2H3,(H,20,23). The molecule has 1 aliphatic heterocycles. The van der Waals surface area contributed by atoms with E-state index in [2.05, 4.69) is 42.3 Å². The summed E-state index contributed by atoms with van der Waals surface area (Å²) in [4.78, 5) is 17.7. The van der Waals surface area contributed by atoms with E-state index in [4.69, 9.17) is 0 Å². The number of amides is 2. The highest BCUT2D eigenvalue weighted by Crippen LogP contribution is 2.22. The number of hydrogen-bond acceptors (Lipinski definition) is 1. The Kier molecular flexibility index (Phi) is 4.89. The first-order chi connectivity index (χ1) is 11.2. The smallest absolute Gasteiger partial charge is 0.317 e. The number of carbonyl (C=O) groups is 1. The minimum Gasteiger partial charge on any atom is -0.358 e. The van der Waals surface area contributed by atoms with E-state index in [-0.39, 0.29) is 6.03 Å². The lowest BCUT2D eigenvalue weighted by Crippen LogP contribution is -2.45. The number of aromatic amines is 1. The predicted molar refractivity (Wildman–Crippen MR) is 94.7 cm³/mol. The highest BCUT2D eigenvalue weighted by atomic mass is 16.2. The second-order valence-corrected chi connectivity index (χ2v) is 6.62. The van der Waals surface area contributed by atoms with Crippen LogP contribution in [0.2, 0.25) is 0 Å². The zero-order valence-electron chi connectivity index (χ0n) is 14.2. The fourth-order valence-electron chi connectivity index (χ4n) is 3.65. The van der Waals surface area contributed by atoms with Crippen LogP contribution in [0.4, 0.5) is 4.79 Å². The molecule has 1 aromatic carbocycles. The van der Waals surface area contributed by atoms with Crippen molar-refractivity contribution in [3.8, 4) is 0 Å². The van der Waals surface area contributed by atoms with Gasteiger partial charge in [-0.15, -0.1) is 0 Å². The van der Waals surface area contributed by atoms with Crippen molar-refractivity contribution in [2.24, 2.45) is 5.92 Å². The Balaban J connectivity index is 1.56. The largest absolute Gasteiger partial charge is 0.358 e. The number of carbonyl (C=O) groups excluding carboxylic acids is 1. The van der Waals surface area contributed by atoms with Gasteiger partial charge >= 0.3 is 6.03 Å². The van der Waals surface area contributed by atoms with E-state index in [1.54, 1.807) is 0 Å². The lowest BCUT2D eigenvalue weighted by atomic mass is 9.96. The summed E-state index contributed by atoms with van der Waals surface area (Å²) in [6.45, 7) is 6.82. The van der Waals surface area contributed by atoms with E-state index in [1.165, 1.54) is 28.6 Å². The topological polar surface area (TPSA) is 48.1 Å². The fourth-order valence-corrected chi connectivity index (χ4v) is 3.65. The molecule has 2 aromatic rings. The number of likely N-dealkylation sites (tertiary alicyclic amines) is 1. The number of rotatable bonds is 4. The summed E-state index contributed by atoms with van der Waals surface area (Å²) in [6, 6.07) is 8.46. The SMILES string of the molecule is CCC1CCCN(C(=O)NCCc2c(C)[nH]c3ccccc23)C1. The van der Waals surface area contributed by atoms with Crippen molar-refractivity contribution in [2.75, 3.05) is 19.6 Å². The maximum atomic E-state index is 12.3. The Bertz CT molecular complexity index is 676. The molecule has 0 spiro atoms. The van der Waals surface area contributed by atoms with Crippen LogP contribution in [0.1, 0.15) is 37.4 Å². The van der Waals surface area contributed by atoms with Gasteiger partial charge < -0.3 is 15.2 Å². The van der Waals surface area contributed by atoms with Crippen molar-refractivity contribution in [1.82, 2.24) is 15.2 Å². The molecular weight excluding hydrogens is 286 g/mol. The maximum Gasteiger partial charge on any atom is 0.317 e. The van der Waals surface area contributed by atoms with Crippen molar-refractivity contribution < 1.29 is 4.79 Å². The molecule has 1 aromatic heterocycles. The van der Waals surface area contributed by atoms with Crippen LogP contribution in [0.25, 0.3) is 10.9 Å². The van der Waals surface area contributed by atoms with Crippen LogP contribution >= 0.6 is 0 Å². The summed E-state index contributed by atoms with van der Waals surface area (Å²) < 4.78 is 0. The Morgan fingerprint density at radius 3 is 3.04 bits per heavy atom. The van der Waals surface area contributed by atoms with Crippen LogP contribution in [0.3, 0.4) is 0 Å². The lowest BCUT2D eigenvalue weighted by Gasteiger charge is -2.32. The van der Waals surface area contributed by atoms with E-state index in [9.17, 15) is 4.79 Å². The Morgan fingerprint density at radius 1 is 1.39 bits per heavy atom. The highest BCUT2D eigenvalue weighted by molar-refractivity contribution is 5.84. The highest BCUT2D eigenvalue weighted by Gasteiger charge is 2.22. The van der Waals surface area contributed by atoms with E-state index < -0.39 is 0 Å². The van der Waals surface area contributed by atoms with Crippen molar-refractivity contribution in [2.45, 2.75) is 39.5 Å². The molecule has 1 aliphatic rings. The Labute approximate surface area is 138 Å². The number of H-pyrrole nitrogens is 1. The van der Waals surface area contributed by atoms with Gasteiger partial charge in [0.25, 0.3) is 0 Å². The van der Waals surface area contributed by atoms with Crippen LogP contribution in [0.5, 0.6) is 0 Å². The van der Waals surface area contributed by atoms with Crippen LogP contribution in [-0.4, -0.2) is 35.5 Å². The van der Waals surface area contributed by atoms with Gasteiger partial charge in [0.05, 0.1) is 0 Å². The quantitative estimate of drug-likeness (QED) is 0.885. The molecule has 1 atom stereocenters. The normalized spacial score (nSPS) is 18.3. The molecule has 0 radical (unpaired) electrons. The van der Waals surface area contributed by atoms with Crippen molar-refractivity contribution in [3.05, 3.63) is 35.5 Å². The lowest BCUT2D eigenvalue weighted by molar-refractivity contribution is 0.164. The molecule has 3 rings (SSSR count). The molecule has 1 unspecified atom stereocenters. The number of aromatic nitrogens is 1. The first-order valence-electron chi connectivity index (χ1n) is 8.78. The van der Waals surface area contributed by atoms with E-state index in [0.717, 1.165) is 32.4 Å². The summed E-state index contributed by atoms with van der Waals surface area (Å²) in [7, 11) is 0. The van der Waals surface area contributed by atoms with E-state index in [0.29, 0.717) is 12.5 Å². The van der Waals surface area contributed by atoms with Crippen molar-refractivity contribution >= 4 is 16.9 Å². The number of urea groups is 1. The Morgan fingerprint density at radius 2 is 2.22 bits per heavy atom. The van der Waals surface area contributed by atoms with Crippen LogP contribution in [0.15, 0.2) is 24.3 Å². The van der Waals surface area contributed by atoms with E-state index in [1.807, 2.05) is 11.0 Å². The minimum atomic E-state index is 0.0978. The molecule has 23 heavy (non-hydrogen) atoms. The third-order valence-corrected chi connectivity index (χ3v) is 5.06. The minimum absolute atomic E-state index is 0.0978. The summed E-state index contributed by atoms with van der Waals surface area (Å²) >= 11 is 0. The zero-order chi connectivity index (χ0) is 16.2. The van der Waals surface area contributed by atoms with Gasteiger partial charge in [0.1, 0.15) is 0 Å². The summed E-state index contributed by atoms with van der Waals surface area (Å²) in [5.41, 5.74) is 3.68. The van der Waals surface area contributed by atoms with Crippen LogP contribution in [-0.2, 0) is 6.42 Å². The van der Waals surface area contributed by atoms with Gasteiger partial charge in [-0.1, -0.05) is 31.5 Å².